The van der Waals surface area contributed by atoms with E-state index in [0.29, 0.717) is 6.61 Å². The van der Waals surface area contributed by atoms with Crippen molar-refractivity contribution >= 4 is 27.9 Å². The molecule has 0 unspecified atom stereocenters. The molecule has 0 saturated heterocycles. The van der Waals surface area contributed by atoms with Crippen LogP contribution in [-0.2, 0) is 17.8 Å². The molecule has 7 heteroatoms. The second kappa shape index (κ2) is 5.93. The van der Waals surface area contributed by atoms with Crippen molar-refractivity contribution in [3.8, 4) is 5.75 Å². The van der Waals surface area contributed by atoms with E-state index < -0.39 is 17.5 Å². The molecule has 1 aromatic carbocycles. The van der Waals surface area contributed by atoms with E-state index in [1.54, 1.807) is 0 Å². The van der Waals surface area contributed by atoms with Crippen LogP contribution >= 0.6 is 15.9 Å². The van der Waals surface area contributed by atoms with E-state index in [0.717, 1.165) is 27.8 Å². The Morgan fingerprint density at radius 2 is 2.14 bits per heavy atom. The maximum absolute atomic E-state index is 11.8. The fourth-order valence-electron chi connectivity index (χ4n) is 2.03. The number of fused-ring (bicyclic) bond motifs is 1. The predicted molar refractivity (Wildman–Crippen MR) is 80.4 cm³/mol. The molecule has 1 aliphatic heterocycles. The molecule has 21 heavy (non-hydrogen) atoms. The van der Waals surface area contributed by atoms with Gasteiger partial charge in [-0.15, -0.1) is 0 Å². The topological polar surface area (TPSA) is 87.7 Å². The molecule has 1 aliphatic rings. The highest BCUT2D eigenvalue weighted by atomic mass is 79.9. The summed E-state index contributed by atoms with van der Waals surface area (Å²) in [7, 11) is 0. The molecule has 1 aromatic rings. The maximum atomic E-state index is 11.8. The first-order valence-corrected chi connectivity index (χ1v) is 7.32. The molecule has 0 aromatic heterocycles. The number of carboxylic acid groups (broad SMARTS) is 1. The van der Waals surface area contributed by atoms with Crippen molar-refractivity contribution in [2.24, 2.45) is 0 Å². The Labute approximate surface area is 131 Å². The number of amides is 2. The van der Waals surface area contributed by atoms with Gasteiger partial charge in [0.1, 0.15) is 11.3 Å². The average molecular weight is 357 g/mol. The van der Waals surface area contributed by atoms with E-state index in [4.69, 9.17) is 9.84 Å². The number of halogens is 1. The fraction of sp³-hybridized carbons (Fsp3) is 0.429. The van der Waals surface area contributed by atoms with Gasteiger partial charge in [0.05, 0.1) is 6.61 Å². The molecule has 0 atom stereocenters. The first-order chi connectivity index (χ1) is 9.79. The normalized spacial score (nSPS) is 13.3. The zero-order valence-corrected chi connectivity index (χ0v) is 13.4. The minimum Gasteiger partial charge on any atom is -0.493 e. The fourth-order valence-corrected chi connectivity index (χ4v) is 2.59. The highest BCUT2D eigenvalue weighted by Crippen LogP contribution is 2.32. The number of benzene rings is 1. The Morgan fingerprint density at radius 3 is 2.81 bits per heavy atom. The van der Waals surface area contributed by atoms with Crippen LogP contribution in [0, 0.1) is 0 Å². The lowest BCUT2D eigenvalue weighted by molar-refractivity contribution is -0.142. The lowest BCUT2D eigenvalue weighted by Crippen LogP contribution is -2.53. The first kappa shape index (κ1) is 15.6. The predicted octanol–water partition coefficient (Wildman–Crippen LogP) is 2.05. The van der Waals surface area contributed by atoms with Gasteiger partial charge in [-0.3, -0.25) is 0 Å². The Balaban J connectivity index is 2.01. The van der Waals surface area contributed by atoms with Gasteiger partial charge in [0.2, 0.25) is 0 Å². The summed E-state index contributed by atoms with van der Waals surface area (Å²) < 4.78 is 6.50. The van der Waals surface area contributed by atoms with Crippen molar-refractivity contribution in [3.63, 3.8) is 0 Å². The van der Waals surface area contributed by atoms with Crippen LogP contribution < -0.4 is 15.4 Å². The van der Waals surface area contributed by atoms with Crippen LogP contribution in [0.25, 0.3) is 0 Å². The van der Waals surface area contributed by atoms with Crippen LogP contribution in [0.3, 0.4) is 0 Å². The van der Waals surface area contributed by atoms with E-state index in [9.17, 15) is 9.59 Å². The van der Waals surface area contributed by atoms with E-state index in [1.807, 2.05) is 12.1 Å². The molecule has 6 nitrogen and oxygen atoms in total. The van der Waals surface area contributed by atoms with E-state index in [1.165, 1.54) is 13.8 Å². The molecule has 114 valence electrons. The number of carbonyl (C=O) groups excluding carboxylic acids is 1. The summed E-state index contributed by atoms with van der Waals surface area (Å²) in [6, 6.07) is 3.35. The number of ether oxygens (including phenoxy) is 1. The number of carbonyl (C=O) groups is 2. The van der Waals surface area contributed by atoms with Crippen molar-refractivity contribution in [3.05, 3.63) is 27.7 Å². The van der Waals surface area contributed by atoms with Gasteiger partial charge < -0.3 is 20.5 Å². The number of carboxylic acids is 1. The number of hydrogen-bond donors (Lipinski definition) is 3. The van der Waals surface area contributed by atoms with Gasteiger partial charge in [-0.25, -0.2) is 9.59 Å². The highest BCUT2D eigenvalue weighted by Gasteiger charge is 2.29. The monoisotopic (exact) mass is 356 g/mol. The second-order valence-corrected chi connectivity index (χ2v) is 6.31. The molecule has 0 spiro atoms. The number of rotatable bonds is 4. The Kier molecular flexibility index (Phi) is 4.41. The zero-order valence-electron chi connectivity index (χ0n) is 11.8. The van der Waals surface area contributed by atoms with Crippen LogP contribution in [0.15, 0.2) is 16.6 Å². The summed E-state index contributed by atoms with van der Waals surface area (Å²) in [5.74, 6) is -0.291. The molecular weight excluding hydrogens is 340 g/mol. The first-order valence-electron chi connectivity index (χ1n) is 6.53. The van der Waals surface area contributed by atoms with Gasteiger partial charge in [-0.05, 0) is 31.5 Å². The van der Waals surface area contributed by atoms with Crippen LogP contribution in [0.5, 0.6) is 5.75 Å². The van der Waals surface area contributed by atoms with Gasteiger partial charge in [-0.1, -0.05) is 15.9 Å². The van der Waals surface area contributed by atoms with Gasteiger partial charge in [0, 0.05) is 23.0 Å². The zero-order chi connectivity index (χ0) is 15.6. The van der Waals surface area contributed by atoms with E-state index in [-0.39, 0.29) is 6.54 Å². The molecule has 0 saturated carbocycles. The standard InChI is InChI=1S/C14H17BrN2O4/c1-14(2,12(18)19)17-13(20)16-7-9-6-10(15)5-8-3-4-21-11(8)9/h5-6H,3-4,7H2,1-2H3,(H,18,19)(H2,16,17,20). The third-order valence-electron chi connectivity index (χ3n) is 3.23. The Hall–Kier alpha value is -1.76. The summed E-state index contributed by atoms with van der Waals surface area (Å²) in [4.78, 5) is 22.7. The number of aliphatic carboxylic acids is 1. The Bertz CT molecular complexity index is 587. The number of nitrogens with one attached hydrogen (secondary N) is 2. The molecule has 0 radical (unpaired) electrons. The third-order valence-corrected chi connectivity index (χ3v) is 3.68. The number of urea groups is 1. The van der Waals surface area contributed by atoms with Gasteiger partial charge in [0.25, 0.3) is 0 Å². The van der Waals surface area contributed by atoms with Gasteiger partial charge in [-0.2, -0.15) is 0 Å². The van der Waals surface area contributed by atoms with E-state index >= 15 is 0 Å². The summed E-state index contributed by atoms with van der Waals surface area (Å²) in [5, 5.41) is 14.0. The van der Waals surface area contributed by atoms with Crippen LogP contribution in [0.1, 0.15) is 25.0 Å². The molecule has 0 bridgehead atoms. The minimum atomic E-state index is -1.32. The summed E-state index contributed by atoms with van der Waals surface area (Å²) in [6.45, 7) is 3.75. The van der Waals surface area contributed by atoms with Crippen molar-refractivity contribution in [1.82, 2.24) is 10.6 Å². The summed E-state index contributed by atoms with van der Waals surface area (Å²) >= 11 is 3.43. The molecule has 2 amide bonds. The lowest BCUT2D eigenvalue weighted by atomic mass is 10.1. The van der Waals surface area contributed by atoms with Crippen LogP contribution in [0.4, 0.5) is 4.79 Å². The molecular formula is C14H17BrN2O4. The Morgan fingerprint density at radius 1 is 1.43 bits per heavy atom. The largest absolute Gasteiger partial charge is 0.493 e. The van der Waals surface area contributed by atoms with Crippen LogP contribution in [0.2, 0.25) is 0 Å². The SMILES string of the molecule is CC(C)(NC(=O)NCc1cc(Br)cc2c1OCC2)C(=O)O. The van der Waals surface area contributed by atoms with E-state index in [2.05, 4.69) is 26.6 Å². The summed E-state index contributed by atoms with van der Waals surface area (Å²) in [6.07, 6.45) is 0.847. The van der Waals surface area contributed by atoms with Crippen molar-refractivity contribution < 1.29 is 19.4 Å². The smallest absolute Gasteiger partial charge is 0.328 e. The molecule has 0 fully saturated rings. The molecule has 0 aliphatic carbocycles. The minimum absolute atomic E-state index is 0.267. The second-order valence-electron chi connectivity index (χ2n) is 5.39. The lowest BCUT2D eigenvalue weighted by Gasteiger charge is -2.21. The van der Waals surface area contributed by atoms with Crippen molar-refractivity contribution in [2.45, 2.75) is 32.4 Å². The maximum Gasteiger partial charge on any atom is 0.328 e. The molecule has 2 rings (SSSR count). The third kappa shape index (κ3) is 3.66. The average Bonchev–Trinajstić information content (AvgIpc) is 2.83. The number of hydrogen-bond acceptors (Lipinski definition) is 3. The van der Waals surface area contributed by atoms with Crippen LogP contribution in [-0.4, -0.2) is 29.3 Å². The van der Waals surface area contributed by atoms with Crippen molar-refractivity contribution in [2.75, 3.05) is 6.61 Å². The molecule has 3 N–H and O–H groups in total. The quantitative estimate of drug-likeness (QED) is 0.770. The van der Waals surface area contributed by atoms with Crippen molar-refractivity contribution in [1.29, 1.82) is 0 Å². The van der Waals surface area contributed by atoms with Gasteiger partial charge in [0.15, 0.2) is 0 Å². The molecule has 1 heterocycles. The van der Waals surface area contributed by atoms with Gasteiger partial charge >= 0.3 is 12.0 Å². The highest BCUT2D eigenvalue weighted by molar-refractivity contribution is 9.10. The summed E-state index contributed by atoms with van der Waals surface area (Å²) in [5.41, 5.74) is 0.646.